The minimum atomic E-state index is -0.788. The molecule has 0 unspecified atom stereocenters. The monoisotopic (exact) mass is 230 g/mol. The molecule has 1 fully saturated rings. The zero-order valence-electron chi connectivity index (χ0n) is 9.69. The van der Waals surface area contributed by atoms with Gasteiger partial charge in [0.2, 0.25) is 0 Å². The summed E-state index contributed by atoms with van der Waals surface area (Å²) in [6.45, 7) is 2.24. The van der Waals surface area contributed by atoms with Gasteiger partial charge >= 0.3 is 6.03 Å². The molecule has 1 aromatic rings. The summed E-state index contributed by atoms with van der Waals surface area (Å²) < 4.78 is 0. The number of urea groups is 1. The third-order valence-corrected chi connectivity index (χ3v) is 3.74. The van der Waals surface area contributed by atoms with E-state index in [1.165, 1.54) is 10.5 Å². The average molecular weight is 230 g/mol. The van der Waals surface area contributed by atoms with Gasteiger partial charge in [-0.3, -0.25) is 9.69 Å². The van der Waals surface area contributed by atoms with Gasteiger partial charge in [0.05, 0.1) is 0 Å². The number of carbonyl (C=O) groups is 2. The number of nitrogens with one attached hydrogen (secondary N) is 1. The van der Waals surface area contributed by atoms with Crippen molar-refractivity contribution in [2.24, 2.45) is 0 Å². The minimum absolute atomic E-state index is 0.102. The third kappa shape index (κ3) is 1.18. The van der Waals surface area contributed by atoms with Crippen LogP contribution in [0.3, 0.4) is 0 Å². The van der Waals surface area contributed by atoms with Crippen LogP contribution in [-0.2, 0) is 16.8 Å². The molecule has 0 radical (unpaired) electrons. The minimum Gasteiger partial charge on any atom is -0.319 e. The van der Waals surface area contributed by atoms with Gasteiger partial charge in [-0.1, -0.05) is 24.3 Å². The van der Waals surface area contributed by atoms with Crippen LogP contribution >= 0.6 is 0 Å². The van der Waals surface area contributed by atoms with Gasteiger partial charge < -0.3 is 5.32 Å². The number of hydrogen-bond donors (Lipinski definition) is 1. The number of amides is 3. The molecule has 4 heteroatoms. The predicted octanol–water partition coefficient (Wildman–Crippen LogP) is 1.40. The number of aryl methyl sites for hydroxylation is 1. The lowest BCUT2D eigenvalue weighted by Crippen LogP contribution is -2.41. The zero-order valence-corrected chi connectivity index (χ0v) is 9.69. The van der Waals surface area contributed by atoms with E-state index in [9.17, 15) is 9.59 Å². The molecule has 3 rings (SSSR count). The Morgan fingerprint density at radius 3 is 2.82 bits per heavy atom. The number of imide groups is 1. The molecule has 88 valence electrons. The molecule has 0 aromatic heterocycles. The molecule has 1 aliphatic carbocycles. The van der Waals surface area contributed by atoms with Crippen molar-refractivity contribution >= 4 is 11.9 Å². The Morgan fingerprint density at radius 1 is 1.35 bits per heavy atom. The summed E-state index contributed by atoms with van der Waals surface area (Å²) in [5.74, 6) is -0.102. The van der Waals surface area contributed by atoms with E-state index in [4.69, 9.17) is 0 Å². The maximum absolute atomic E-state index is 12.4. The fourth-order valence-electron chi connectivity index (χ4n) is 2.88. The Morgan fingerprint density at radius 2 is 2.12 bits per heavy atom. The van der Waals surface area contributed by atoms with E-state index < -0.39 is 5.54 Å². The van der Waals surface area contributed by atoms with Gasteiger partial charge in [-0.25, -0.2) is 4.79 Å². The number of benzene rings is 1. The van der Waals surface area contributed by atoms with Crippen molar-refractivity contribution in [3.8, 4) is 0 Å². The van der Waals surface area contributed by atoms with Crippen LogP contribution in [0.1, 0.15) is 24.5 Å². The standard InChI is InChI=1S/C13H14N2O2/c1-2-15-11(16)13(14-12(15)17)8-7-9-5-3-4-6-10(9)13/h3-6H,2,7-8H2,1H3,(H,14,17)/t13-/m1/s1. The van der Waals surface area contributed by atoms with Crippen molar-refractivity contribution < 1.29 is 9.59 Å². The number of nitrogens with zero attached hydrogens (tertiary/aromatic N) is 1. The lowest BCUT2D eigenvalue weighted by molar-refractivity contribution is -0.131. The molecule has 1 spiro atoms. The Balaban J connectivity index is 2.11. The summed E-state index contributed by atoms with van der Waals surface area (Å²) in [6.07, 6.45) is 1.52. The van der Waals surface area contributed by atoms with Gasteiger partial charge in [0.15, 0.2) is 0 Å². The van der Waals surface area contributed by atoms with Crippen LogP contribution in [-0.4, -0.2) is 23.4 Å². The molecule has 3 amide bonds. The molecule has 0 saturated carbocycles. The van der Waals surface area contributed by atoms with Crippen molar-refractivity contribution in [1.29, 1.82) is 0 Å². The van der Waals surface area contributed by atoms with E-state index in [0.29, 0.717) is 13.0 Å². The lowest BCUT2D eigenvalue weighted by Gasteiger charge is -2.21. The molecule has 1 atom stereocenters. The second-order valence-corrected chi connectivity index (χ2v) is 4.54. The van der Waals surface area contributed by atoms with Gasteiger partial charge in [0.1, 0.15) is 5.54 Å². The van der Waals surface area contributed by atoms with E-state index in [-0.39, 0.29) is 11.9 Å². The molecule has 17 heavy (non-hydrogen) atoms. The molecular formula is C13H14N2O2. The smallest absolute Gasteiger partial charge is 0.319 e. The maximum atomic E-state index is 12.4. The summed E-state index contributed by atoms with van der Waals surface area (Å²) in [6, 6.07) is 7.59. The SMILES string of the molecule is CCN1C(=O)N[C@@]2(CCc3ccccc32)C1=O. The molecule has 1 heterocycles. The van der Waals surface area contributed by atoms with E-state index in [2.05, 4.69) is 5.32 Å². The van der Waals surface area contributed by atoms with Crippen LogP contribution in [0.15, 0.2) is 24.3 Å². The van der Waals surface area contributed by atoms with Crippen LogP contribution in [0, 0.1) is 0 Å². The first-order chi connectivity index (χ1) is 8.19. The van der Waals surface area contributed by atoms with Crippen LogP contribution < -0.4 is 5.32 Å². The highest BCUT2D eigenvalue weighted by Gasteiger charge is 2.54. The first kappa shape index (κ1) is 10.3. The highest BCUT2D eigenvalue weighted by atomic mass is 16.2. The first-order valence-corrected chi connectivity index (χ1v) is 5.91. The Kier molecular flexibility index (Phi) is 2.02. The molecule has 1 aliphatic heterocycles. The van der Waals surface area contributed by atoms with Crippen molar-refractivity contribution in [2.45, 2.75) is 25.3 Å². The van der Waals surface area contributed by atoms with Crippen LogP contribution in [0.4, 0.5) is 4.79 Å². The van der Waals surface area contributed by atoms with Crippen molar-refractivity contribution in [1.82, 2.24) is 10.2 Å². The number of rotatable bonds is 1. The van der Waals surface area contributed by atoms with Crippen molar-refractivity contribution in [3.05, 3.63) is 35.4 Å². The van der Waals surface area contributed by atoms with Crippen molar-refractivity contribution in [3.63, 3.8) is 0 Å². The number of hydrogen-bond acceptors (Lipinski definition) is 2. The Labute approximate surface area is 99.6 Å². The van der Waals surface area contributed by atoms with Gasteiger partial charge in [0.25, 0.3) is 5.91 Å². The van der Waals surface area contributed by atoms with Crippen LogP contribution in [0.25, 0.3) is 0 Å². The van der Waals surface area contributed by atoms with E-state index >= 15 is 0 Å². The highest BCUT2D eigenvalue weighted by molar-refractivity contribution is 6.08. The number of fused-ring (bicyclic) bond motifs is 2. The van der Waals surface area contributed by atoms with Crippen LogP contribution in [0.5, 0.6) is 0 Å². The van der Waals surface area contributed by atoms with E-state index in [1.807, 2.05) is 31.2 Å². The molecule has 0 bridgehead atoms. The van der Waals surface area contributed by atoms with Crippen LogP contribution in [0.2, 0.25) is 0 Å². The molecule has 1 saturated heterocycles. The van der Waals surface area contributed by atoms with Crippen molar-refractivity contribution in [2.75, 3.05) is 6.54 Å². The molecule has 1 aromatic carbocycles. The summed E-state index contributed by atoms with van der Waals surface area (Å²) >= 11 is 0. The molecular weight excluding hydrogens is 216 g/mol. The quantitative estimate of drug-likeness (QED) is 0.741. The fraction of sp³-hybridized carbons (Fsp3) is 0.385. The molecule has 1 N–H and O–H groups in total. The maximum Gasteiger partial charge on any atom is 0.325 e. The lowest BCUT2D eigenvalue weighted by atomic mass is 9.92. The topological polar surface area (TPSA) is 49.4 Å². The second kappa shape index (κ2) is 3.32. The highest BCUT2D eigenvalue weighted by Crippen LogP contribution is 2.40. The third-order valence-electron chi connectivity index (χ3n) is 3.74. The summed E-state index contributed by atoms with van der Waals surface area (Å²) in [5.41, 5.74) is 1.34. The van der Waals surface area contributed by atoms with Gasteiger partial charge in [-0.05, 0) is 30.9 Å². The van der Waals surface area contributed by atoms with Gasteiger partial charge in [0, 0.05) is 6.54 Å². The van der Waals surface area contributed by atoms with Gasteiger partial charge in [-0.15, -0.1) is 0 Å². The fourth-order valence-corrected chi connectivity index (χ4v) is 2.88. The van der Waals surface area contributed by atoms with E-state index in [1.54, 1.807) is 0 Å². The van der Waals surface area contributed by atoms with Gasteiger partial charge in [-0.2, -0.15) is 0 Å². The number of carbonyl (C=O) groups excluding carboxylic acids is 2. The Bertz CT molecular complexity index is 512. The number of likely N-dealkylation sites (N-methyl/N-ethyl adjacent to an activating group) is 1. The Hall–Kier alpha value is -1.84. The normalized spacial score (nSPS) is 26.5. The molecule has 4 nitrogen and oxygen atoms in total. The summed E-state index contributed by atoms with van der Waals surface area (Å²) in [4.78, 5) is 25.5. The molecule has 2 aliphatic rings. The second-order valence-electron chi connectivity index (χ2n) is 4.54. The predicted molar refractivity (Wildman–Crippen MR) is 62.4 cm³/mol. The first-order valence-electron chi connectivity index (χ1n) is 5.91. The summed E-state index contributed by atoms with van der Waals surface area (Å²) in [7, 11) is 0. The summed E-state index contributed by atoms with van der Waals surface area (Å²) in [5, 5.41) is 2.87. The average Bonchev–Trinajstić information content (AvgIpc) is 2.81. The largest absolute Gasteiger partial charge is 0.325 e. The zero-order chi connectivity index (χ0) is 12.0. The van der Waals surface area contributed by atoms with E-state index in [0.717, 1.165) is 12.0 Å².